The van der Waals surface area contributed by atoms with Gasteiger partial charge in [0.05, 0.1) is 0 Å². The van der Waals surface area contributed by atoms with Crippen molar-refractivity contribution in [1.29, 1.82) is 0 Å². The largest absolute Gasteiger partial charge is 0.382 e. The second-order valence-corrected chi connectivity index (χ2v) is 4.35. The van der Waals surface area contributed by atoms with Crippen LogP contribution in [0.4, 0.5) is 4.39 Å². The van der Waals surface area contributed by atoms with E-state index in [9.17, 15) is 4.39 Å². The Labute approximate surface area is 119 Å². The summed E-state index contributed by atoms with van der Waals surface area (Å²) in [6, 6.07) is 6.66. The highest BCUT2D eigenvalue weighted by molar-refractivity contribution is 5.79. The molecular formula is C14H23FN4O. The van der Waals surface area contributed by atoms with Crippen LogP contribution < -0.4 is 11.3 Å². The second kappa shape index (κ2) is 9.28. The summed E-state index contributed by atoms with van der Waals surface area (Å²) in [5.41, 5.74) is 3.15. The molecule has 0 aromatic heterocycles. The van der Waals surface area contributed by atoms with Crippen molar-refractivity contribution in [3.8, 4) is 0 Å². The lowest BCUT2D eigenvalue weighted by molar-refractivity contribution is 0.146. The van der Waals surface area contributed by atoms with E-state index in [1.54, 1.807) is 23.1 Å². The van der Waals surface area contributed by atoms with Gasteiger partial charge in [0, 0.05) is 38.9 Å². The molecule has 1 rings (SSSR count). The molecule has 0 unspecified atom stereocenters. The van der Waals surface area contributed by atoms with Crippen LogP contribution in [0.1, 0.15) is 18.9 Å². The van der Waals surface area contributed by atoms with Crippen molar-refractivity contribution in [2.24, 2.45) is 10.8 Å². The van der Waals surface area contributed by atoms with E-state index in [0.29, 0.717) is 37.8 Å². The monoisotopic (exact) mass is 282 g/mol. The number of nitrogens with zero attached hydrogens (tertiary/aromatic N) is 2. The lowest BCUT2D eigenvalue weighted by Gasteiger charge is -2.21. The lowest BCUT2D eigenvalue weighted by Crippen LogP contribution is -2.42. The molecule has 0 aliphatic heterocycles. The van der Waals surface area contributed by atoms with Crippen LogP contribution in [0.2, 0.25) is 0 Å². The van der Waals surface area contributed by atoms with Crippen molar-refractivity contribution in [3.05, 3.63) is 35.6 Å². The standard InChI is InChI=1S/C14H23FN4O/c1-3-20-10-6-9-17-14(18-16)19(2)11-12-7-4-5-8-13(12)15/h4-5,7-8H,3,6,9-11,16H2,1-2H3,(H,17,18). The van der Waals surface area contributed by atoms with Crippen molar-refractivity contribution >= 4 is 5.96 Å². The Morgan fingerprint density at radius 3 is 2.85 bits per heavy atom. The van der Waals surface area contributed by atoms with E-state index in [1.165, 1.54) is 6.07 Å². The SMILES string of the molecule is CCOCCCN=C(NN)N(C)Cc1ccccc1F. The summed E-state index contributed by atoms with van der Waals surface area (Å²) in [6.07, 6.45) is 0.826. The number of aliphatic imine (C=N–C) groups is 1. The molecule has 0 heterocycles. The highest BCUT2D eigenvalue weighted by atomic mass is 19.1. The average molecular weight is 282 g/mol. The number of ether oxygens (including phenoxy) is 1. The van der Waals surface area contributed by atoms with Crippen LogP contribution in [0.25, 0.3) is 0 Å². The molecule has 0 spiro atoms. The summed E-state index contributed by atoms with van der Waals surface area (Å²) in [7, 11) is 1.81. The van der Waals surface area contributed by atoms with Crippen molar-refractivity contribution in [2.45, 2.75) is 19.9 Å². The average Bonchev–Trinajstić information content (AvgIpc) is 2.45. The number of rotatable bonds is 7. The molecule has 1 aromatic rings. The Balaban J connectivity index is 2.52. The molecule has 0 amide bonds. The summed E-state index contributed by atoms with van der Waals surface area (Å²) in [5.74, 6) is 5.76. The molecule has 1 aromatic carbocycles. The fraction of sp³-hybridized carbons (Fsp3) is 0.500. The molecule has 20 heavy (non-hydrogen) atoms. The number of nitrogens with two attached hydrogens (primary N) is 1. The normalized spacial score (nSPS) is 11.5. The van der Waals surface area contributed by atoms with E-state index in [-0.39, 0.29) is 5.82 Å². The highest BCUT2D eigenvalue weighted by Crippen LogP contribution is 2.08. The smallest absolute Gasteiger partial charge is 0.208 e. The summed E-state index contributed by atoms with van der Waals surface area (Å²) in [6.45, 7) is 4.36. The summed E-state index contributed by atoms with van der Waals surface area (Å²) >= 11 is 0. The fourth-order valence-electron chi connectivity index (χ4n) is 1.73. The number of benzene rings is 1. The van der Waals surface area contributed by atoms with Gasteiger partial charge in [0.25, 0.3) is 0 Å². The zero-order chi connectivity index (χ0) is 14.8. The van der Waals surface area contributed by atoms with E-state index in [0.717, 1.165) is 6.42 Å². The van der Waals surface area contributed by atoms with Gasteiger partial charge >= 0.3 is 0 Å². The molecule has 0 fully saturated rings. The molecule has 6 heteroatoms. The zero-order valence-electron chi connectivity index (χ0n) is 12.1. The number of guanidine groups is 1. The van der Waals surface area contributed by atoms with Gasteiger partial charge in [0.15, 0.2) is 0 Å². The maximum absolute atomic E-state index is 13.6. The third-order valence-electron chi connectivity index (χ3n) is 2.77. The maximum atomic E-state index is 13.6. The highest BCUT2D eigenvalue weighted by Gasteiger charge is 2.08. The molecule has 0 bridgehead atoms. The predicted molar refractivity (Wildman–Crippen MR) is 78.6 cm³/mol. The minimum absolute atomic E-state index is 0.230. The maximum Gasteiger partial charge on any atom is 0.208 e. The molecule has 0 saturated carbocycles. The summed E-state index contributed by atoms with van der Waals surface area (Å²) in [5, 5.41) is 0. The second-order valence-electron chi connectivity index (χ2n) is 4.35. The van der Waals surface area contributed by atoms with Gasteiger partial charge in [0.1, 0.15) is 5.82 Å². The molecule has 0 aliphatic rings. The van der Waals surface area contributed by atoms with Crippen LogP contribution >= 0.6 is 0 Å². The Morgan fingerprint density at radius 2 is 2.20 bits per heavy atom. The van der Waals surface area contributed by atoms with Crippen LogP contribution in [0.15, 0.2) is 29.3 Å². The van der Waals surface area contributed by atoms with Gasteiger partial charge in [-0.05, 0) is 19.4 Å². The number of halogens is 1. The number of hydrogen-bond donors (Lipinski definition) is 2. The van der Waals surface area contributed by atoms with Gasteiger partial charge in [-0.1, -0.05) is 18.2 Å². The molecule has 112 valence electrons. The van der Waals surface area contributed by atoms with Gasteiger partial charge in [-0.25, -0.2) is 10.2 Å². The van der Waals surface area contributed by atoms with Crippen LogP contribution in [-0.2, 0) is 11.3 Å². The minimum Gasteiger partial charge on any atom is -0.382 e. The first-order chi connectivity index (χ1) is 9.69. The van der Waals surface area contributed by atoms with Crippen LogP contribution in [0, 0.1) is 5.82 Å². The van der Waals surface area contributed by atoms with Crippen molar-refractivity contribution in [2.75, 3.05) is 26.8 Å². The van der Waals surface area contributed by atoms with Crippen LogP contribution in [-0.4, -0.2) is 37.7 Å². The van der Waals surface area contributed by atoms with Gasteiger partial charge in [-0.3, -0.25) is 10.4 Å². The lowest BCUT2D eigenvalue weighted by atomic mass is 10.2. The first-order valence-electron chi connectivity index (χ1n) is 6.72. The van der Waals surface area contributed by atoms with E-state index < -0.39 is 0 Å². The van der Waals surface area contributed by atoms with Gasteiger partial charge in [-0.15, -0.1) is 0 Å². The van der Waals surface area contributed by atoms with Crippen LogP contribution in [0.5, 0.6) is 0 Å². The molecule has 0 saturated heterocycles. The Bertz CT molecular complexity index is 425. The van der Waals surface area contributed by atoms with Crippen molar-refractivity contribution < 1.29 is 9.13 Å². The number of nitrogens with one attached hydrogen (secondary N) is 1. The number of hydrogen-bond acceptors (Lipinski definition) is 3. The van der Waals surface area contributed by atoms with Crippen molar-refractivity contribution in [3.63, 3.8) is 0 Å². The van der Waals surface area contributed by atoms with Gasteiger partial charge in [-0.2, -0.15) is 0 Å². The zero-order valence-corrected chi connectivity index (χ0v) is 12.1. The van der Waals surface area contributed by atoms with E-state index in [1.807, 2.05) is 14.0 Å². The van der Waals surface area contributed by atoms with Gasteiger partial charge in [0.2, 0.25) is 5.96 Å². The fourth-order valence-corrected chi connectivity index (χ4v) is 1.73. The molecule has 5 nitrogen and oxygen atoms in total. The summed E-state index contributed by atoms with van der Waals surface area (Å²) in [4.78, 5) is 6.12. The molecule has 0 radical (unpaired) electrons. The third-order valence-corrected chi connectivity index (χ3v) is 2.77. The van der Waals surface area contributed by atoms with Gasteiger partial charge < -0.3 is 9.64 Å². The van der Waals surface area contributed by atoms with E-state index in [4.69, 9.17) is 10.6 Å². The van der Waals surface area contributed by atoms with Crippen molar-refractivity contribution in [1.82, 2.24) is 10.3 Å². The molecule has 0 aliphatic carbocycles. The van der Waals surface area contributed by atoms with E-state index >= 15 is 0 Å². The van der Waals surface area contributed by atoms with Crippen LogP contribution in [0.3, 0.4) is 0 Å². The predicted octanol–water partition coefficient (Wildman–Crippen LogP) is 1.50. The molecule has 3 N–H and O–H groups in total. The minimum atomic E-state index is -0.230. The molecular weight excluding hydrogens is 259 g/mol. The Morgan fingerprint density at radius 1 is 1.45 bits per heavy atom. The Kier molecular flexibility index (Phi) is 7.60. The first-order valence-corrected chi connectivity index (χ1v) is 6.72. The quantitative estimate of drug-likeness (QED) is 0.262. The molecule has 0 atom stereocenters. The Hall–Kier alpha value is -1.66. The van der Waals surface area contributed by atoms with E-state index in [2.05, 4.69) is 10.4 Å². The summed E-state index contributed by atoms with van der Waals surface area (Å²) < 4.78 is 18.8. The third kappa shape index (κ3) is 5.54. The first kappa shape index (κ1) is 16.4. The topological polar surface area (TPSA) is 62.9 Å². The number of hydrazine groups is 1.